The van der Waals surface area contributed by atoms with Gasteiger partial charge in [-0.3, -0.25) is 0 Å². The third-order valence-electron chi connectivity index (χ3n) is 3.24. The van der Waals surface area contributed by atoms with Crippen LogP contribution in [0.25, 0.3) is 0 Å². The third-order valence-corrected chi connectivity index (χ3v) is 3.24. The van der Waals surface area contributed by atoms with Gasteiger partial charge in [0.25, 0.3) is 0 Å². The lowest BCUT2D eigenvalue weighted by Crippen LogP contribution is -2.35. The maximum atomic E-state index is 10.6. The Labute approximate surface area is 97.3 Å². The van der Waals surface area contributed by atoms with E-state index in [2.05, 4.69) is 13.0 Å². The zero-order valence-electron chi connectivity index (χ0n) is 9.91. The van der Waals surface area contributed by atoms with E-state index in [1.807, 2.05) is 18.2 Å². The lowest BCUT2D eigenvalue weighted by molar-refractivity contribution is -0.0617. The van der Waals surface area contributed by atoms with Crippen LogP contribution < -0.4 is 0 Å². The minimum absolute atomic E-state index is 0.428. The van der Waals surface area contributed by atoms with Crippen molar-refractivity contribution in [2.75, 3.05) is 13.2 Å². The maximum absolute atomic E-state index is 10.6. The number of hydrogen-bond acceptors (Lipinski definition) is 2. The van der Waals surface area contributed by atoms with Gasteiger partial charge in [-0.05, 0) is 36.8 Å². The fourth-order valence-corrected chi connectivity index (χ4v) is 2.43. The molecule has 1 aromatic rings. The first-order valence-electron chi connectivity index (χ1n) is 6.15. The highest BCUT2D eigenvalue weighted by molar-refractivity contribution is 5.34. The molecule has 1 atom stereocenters. The fraction of sp³-hybridized carbons (Fsp3) is 0.571. The minimum atomic E-state index is -0.760. The summed E-state index contributed by atoms with van der Waals surface area (Å²) in [6.07, 6.45) is 3.93. The second-order valence-electron chi connectivity index (χ2n) is 4.59. The third kappa shape index (κ3) is 2.28. The van der Waals surface area contributed by atoms with Gasteiger partial charge in [-0.1, -0.05) is 31.2 Å². The van der Waals surface area contributed by atoms with Crippen LogP contribution in [0.3, 0.4) is 0 Å². The van der Waals surface area contributed by atoms with E-state index in [0.29, 0.717) is 6.61 Å². The largest absolute Gasteiger partial charge is 0.383 e. The molecule has 1 aliphatic rings. The van der Waals surface area contributed by atoms with Crippen LogP contribution in [0.2, 0.25) is 0 Å². The van der Waals surface area contributed by atoms with Crippen molar-refractivity contribution in [2.24, 2.45) is 0 Å². The molecule has 0 aromatic heterocycles. The first kappa shape index (κ1) is 11.6. The van der Waals surface area contributed by atoms with E-state index in [1.165, 1.54) is 5.56 Å². The highest BCUT2D eigenvalue weighted by Gasteiger charge is 2.34. The number of aliphatic hydroxyl groups is 1. The van der Waals surface area contributed by atoms with Gasteiger partial charge in [0, 0.05) is 6.61 Å². The van der Waals surface area contributed by atoms with Crippen LogP contribution in [0, 0.1) is 0 Å². The van der Waals surface area contributed by atoms with Crippen LogP contribution in [0.1, 0.15) is 37.3 Å². The van der Waals surface area contributed by atoms with Crippen LogP contribution in [0.5, 0.6) is 0 Å². The Morgan fingerprint density at radius 3 is 3.00 bits per heavy atom. The Hall–Kier alpha value is -0.860. The Bertz CT molecular complexity index is 348. The summed E-state index contributed by atoms with van der Waals surface area (Å²) >= 11 is 0. The molecule has 1 aromatic carbocycles. The summed E-state index contributed by atoms with van der Waals surface area (Å²) in [5.74, 6) is 0. The number of rotatable bonds is 4. The molecule has 2 heteroatoms. The highest BCUT2D eigenvalue weighted by Crippen LogP contribution is 2.35. The molecular formula is C14H20O2. The smallest absolute Gasteiger partial charge is 0.113 e. The summed E-state index contributed by atoms with van der Waals surface area (Å²) in [7, 11) is 0. The summed E-state index contributed by atoms with van der Waals surface area (Å²) < 4.78 is 5.53. The number of ether oxygens (including phenoxy) is 1. The summed E-state index contributed by atoms with van der Waals surface area (Å²) in [6, 6.07) is 8.18. The number of fused-ring (bicyclic) bond motifs is 1. The van der Waals surface area contributed by atoms with E-state index in [4.69, 9.17) is 4.74 Å². The van der Waals surface area contributed by atoms with Crippen LogP contribution in [0.4, 0.5) is 0 Å². The molecule has 0 saturated carbocycles. The van der Waals surface area contributed by atoms with E-state index >= 15 is 0 Å². The topological polar surface area (TPSA) is 29.5 Å². The quantitative estimate of drug-likeness (QED) is 0.790. The summed E-state index contributed by atoms with van der Waals surface area (Å²) in [5, 5.41) is 10.6. The molecule has 0 spiro atoms. The highest BCUT2D eigenvalue weighted by atomic mass is 16.5. The summed E-state index contributed by atoms with van der Waals surface area (Å²) in [5.41, 5.74) is 1.58. The molecule has 0 radical (unpaired) electrons. The fourth-order valence-electron chi connectivity index (χ4n) is 2.43. The Morgan fingerprint density at radius 1 is 1.38 bits per heavy atom. The van der Waals surface area contributed by atoms with Gasteiger partial charge in [0.15, 0.2) is 0 Å². The van der Waals surface area contributed by atoms with E-state index in [1.54, 1.807) is 0 Å². The Kier molecular flexibility index (Phi) is 3.62. The van der Waals surface area contributed by atoms with Crippen molar-refractivity contribution < 1.29 is 9.84 Å². The van der Waals surface area contributed by atoms with Gasteiger partial charge in [0.1, 0.15) is 5.60 Å². The first-order chi connectivity index (χ1) is 7.76. The molecule has 1 N–H and O–H groups in total. The monoisotopic (exact) mass is 220 g/mol. The summed E-state index contributed by atoms with van der Waals surface area (Å²) in [4.78, 5) is 0. The first-order valence-corrected chi connectivity index (χ1v) is 6.15. The Balaban J connectivity index is 2.16. The van der Waals surface area contributed by atoms with Crippen molar-refractivity contribution in [1.82, 2.24) is 0 Å². The van der Waals surface area contributed by atoms with Gasteiger partial charge in [-0.25, -0.2) is 0 Å². The van der Waals surface area contributed by atoms with Gasteiger partial charge in [-0.15, -0.1) is 0 Å². The second kappa shape index (κ2) is 4.98. The van der Waals surface area contributed by atoms with E-state index in [0.717, 1.165) is 37.9 Å². The van der Waals surface area contributed by atoms with Crippen molar-refractivity contribution in [3.8, 4) is 0 Å². The molecule has 88 valence electrons. The average molecular weight is 220 g/mol. The van der Waals surface area contributed by atoms with E-state index < -0.39 is 5.60 Å². The van der Waals surface area contributed by atoms with Crippen LogP contribution in [-0.2, 0) is 16.8 Å². The van der Waals surface area contributed by atoms with Crippen molar-refractivity contribution in [2.45, 2.75) is 38.2 Å². The van der Waals surface area contributed by atoms with Crippen molar-refractivity contribution in [3.05, 3.63) is 35.4 Å². The average Bonchev–Trinajstić information content (AvgIpc) is 2.30. The number of benzene rings is 1. The molecular weight excluding hydrogens is 200 g/mol. The SMILES string of the molecule is CCCOCC1(O)CCCc2ccccc21. The molecule has 0 amide bonds. The standard InChI is InChI=1S/C14H20O2/c1-2-10-16-11-14(15)9-5-7-12-6-3-4-8-13(12)14/h3-4,6,8,15H,2,5,7,9-11H2,1H3. The van der Waals surface area contributed by atoms with Crippen molar-refractivity contribution in [3.63, 3.8) is 0 Å². The second-order valence-corrected chi connectivity index (χ2v) is 4.59. The maximum Gasteiger partial charge on any atom is 0.113 e. The van der Waals surface area contributed by atoms with Crippen molar-refractivity contribution >= 4 is 0 Å². The predicted octanol–water partition coefficient (Wildman–Crippen LogP) is 2.64. The van der Waals surface area contributed by atoms with Gasteiger partial charge >= 0.3 is 0 Å². The zero-order chi connectivity index (χ0) is 11.4. The molecule has 16 heavy (non-hydrogen) atoms. The number of hydrogen-bond donors (Lipinski definition) is 1. The van der Waals surface area contributed by atoms with E-state index in [-0.39, 0.29) is 0 Å². The van der Waals surface area contributed by atoms with E-state index in [9.17, 15) is 5.11 Å². The minimum Gasteiger partial charge on any atom is -0.383 e. The van der Waals surface area contributed by atoms with Crippen LogP contribution in [0.15, 0.2) is 24.3 Å². The number of aryl methyl sites for hydroxylation is 1. The molecule has 0 heterocycles. The van der Waals surface area contributed by atoms with Crippen LogP contribution in [-0.4, -0.2) is 18.3 Å². The van der Waals surface area contributed by atoms with Gasteiger partial charge in [0.05, 0.1) is 6.61 Å². The van der Waals surface area contributed by atoms with Crippen LogP contribution >= 0.6 is 0 Å². The molecule has 0 fully saturated rings. The zero-order valence-corrected chi connectivity index (χ0v) is 9.91. The molecule has 0 aliphatic heterocycles. The molecule has 1 aliphatic carbocycles. The molecule has 0 bridgehead atoms. The molecule has 2 nitrogen and oxygen atoms in total. The summed E-state index contributed by atoms with van der Waals surface area (Å²) in [6.45, 7) is 3.24. The molecule has 0 saturated heterocycles. The molecule has 1 unspecified atom stereocenters. The van der Waals surface area contributed by atoms with Crippen molar-refractivity contribution in [1.29, 1.82) is 0 Å². The lowest BCUT2D eigenvalue weighted by Gasteiger charge is -2.34. The van der Waals surface area contributed by atoms with Gasteiger partial charge < -0.3 is 9.84 Å². The van der Waals surface area contributed by atoms with Gasteiger partial charge in [0.2, 0.25) is 0 Å². The predicted molar refractivity (Wildman–Crippen MR) is 64.4 cm³/mol. The Morgan fingerprint density at radius 2 is 2.19 bits per heavy atom. The lowest BCUT2D eigenvalue weighted by atomic mass is 9.80. The van der Waals surface area contributed by atoms with Gasteiger partial charge in [-0.2, -0.15) is 0 Å². The molecule has 2 rings (SSSR count). The normalized spacial score (nSPS) is 24.1.